The molecule has 2 aromatic rings. The van der Waals surface area contributed by atoms with Gasteiger partial charge in [0.25, 0.3) is 5.91 Å². The first-order chi connectivity index (χ1) is 11.0. The summed E-state index contributed by atoms with van der Waals surface area (Å²) >= 11 is 1.64. The van der Waals surface area contributed by atoms with Gasteiger partial charge < -0.3 is 10.1 Å². The van der Waals surface area contributed by atoms with Crippen molar-refractivity contribution in [3.8, 4) is 5.75 Å². The van der Waals surface area contributed by atoms with E-state index < -0.39 is 6.10 Å². The molecule has 0 heterocycles. The van der Waals surface area contributed by atoms with Crippen LogP contribution in [0.4, 0.5) is 5.69 Å². The lowest BCUT2D eigenvalue weighted by Gasteiger charge is -2.15. The molecule has 1 atom stereocenters. The average Bonchev–Trinajstić information content (AvgIpc) is 2.55. The summed E-state index contributed by atoms with van der Waals surface area (Å²) < 4.78 is 5.62. The van der Waals surface area contributed by atoms with Crippen LogP contribution in [0.25, 0.3) is 0 Å². The highest BCUT2D eigenvalue weighted by Gasteiger charge is 2.15. The van der Waals surface area contributed by atoms with Crippen LogP contribution >= 0.6 is 11.8 Å². The summed E-state index contributed by atoms with van der Waals surface area (Å²) in [6.07, 6.45) is 1.33. The Morgan fingerprint density at radius 3 is 2.43 bits per heavy atom. The van der Waals surface area contributed by atoms with Crippen LogP contribution in [-0.4, -0.2) is 24.1 Å². The highest BCUT2D eigenvalue weighted by Crippen LogP contribution is 2.19. The number of ether oxygens (including phenoxy) is 1. The van der Waals surface area contributed by atoms with E-state index in [0.717, 1.165) is 10.6 Å². The summed E-state index contributed by atoms with van der Waals surface area (Å²) in [6, 6.07) is 14.4. The van der Waals surface area contributed by atoms with Crippen LogP contribution in [-0.2, 0) is 4.79 Å². The molecule has 2 rings (SSSR count). The molecule has 0 aliphatic carbocycles. The smallest absolute Gasteiger partial charge is 0.265 e. The maximum absolute atomic E-state index is 12.2. The molecule has 0 radical (unpaired) electrons. The Morgan fingerprint density at radius 2 is 1.83 bits per heavy atom. The summed E-state index contributed by atoms with van der Waals surface area (Å²) in [5, 5.41) is 2.81. The third kappa shape index (κ3) is 4.86. The first-order valence-corrected chi connectivity index (χ1v) is 8.44. The number of amides is 1. The van der Waals surface area contributed by atoms with Gasteiger partial charge >= 0.3 is 0 Å². The van der Waals surface area contributed by atoms with E-state index >= 15 is 0 Å². The summed E-state index contributed by atoms with van der Waals surface area (Å²) in [6.45, 7) is 3.17. The predicted molar refractivity (Wildman–Crippen MR) is 93.4 cm³/mol. The fraction of sp³-hybridized carbons (Fsp3) is 0.222. The van der Waals surface area contributed by atoms with Gasteiger partial charge in [0, 0.05) is 16.1 Å². The Kier molecular flexibility index (Phi) is 5.82. The lowest BCUT2D eigenvalue weighted by Crippen LogP contribution is -2.30. The molecule has 0 fully saturated rings. The molecule has 0 aliphatic rings. The zero-order valence-corrected chi connectivity index (χ0v) is 14.1. The van der Waals surface area contributed by atoms with Gasteiger partial charge in [-0.25, -0.2) is 0 Å². The van der Waals surface area contributed by atoms with Gasteiger partial charge in [0.2, 0.25) is 0 Å². The lowest BCUT2D eigenvalue weighted by atomic mass is 10.1. The number of rotatable bonds is 6. The van der Waals surface area contributed by atoms with E-state index in [1.54, 1.807) is 43.0 Å². The molecule has 1 N–H and O–H groups in total. The molecule has 23 heavy (non-hydrogen) atoms. The molecule has 0 aromatic heterocycles. The highest BCUT2D eigenvalue weighted by atomic mass is 32.2. The average molecular weight is 329 g/mol. The van der Waals surface area contributed by atoms with E-state index in [9.17, 15) is 9.59 Å². The van der Waals surface area contributed by atoms with Crippen LogP contribution in [0.15, 0.2) is 53.4 Å². The van der Waals surface area contributed by atoms with Crippen LogP contribution in [0, 0.1) is 0 Å². The van der Waals surface area contributed by atoms with Crippen molar-refractivity contribution in [1.82, 2.24) is 0 Å². The monoisotopic (exact) mass is 329 g/mol. The van der Waals surface area contributed by atoms with Crippen molar-refractivity contribution < 1.29 is 14.3 Å². The normalized spacial score (nSPS) is 11.6. The molecule has 0 bridgehead atoms. The van der Waals surface area contributed by atoms with Gasteiger partial charge in [-0.3, -0.25) is 9.59 Å². The maximum Gasteiger partial charge on any atom is 0.265 e. The van der Waals surface area contributed by atoms with Gasteiger partial charge in [0.1, 0.15) is 5.75 Å². The second-order valence-corrected chi connectivity index (χ2v) is 5.94. The Labute approximate surface area is 140 Å². The Bertz CT molecular complexity index is 698. The second kappa shape index (κ2) is 7.83. The van der Waals surface area contributed by atoms with Crippen LogP contribution in [0.1, 0.15) is 24.2 Å². The van der Waals surface area contributed by atoms with Crippen molar-refractivity contribution in [2.45, 2.75) is 24.8 Å². The first kappa shape index (κ1) is 17.1. The van der Waals surface area contributed by atoms with Gasteiger partial charge in [-0.05, 0) is 56.5 Å². The Balaban J connectivity index is 1.99. The number of hydrogen-bond acceptors (Lipinski definition) is 4. The Morgan fingerprint density at radius 1 is 1.13 bits per heavy atom. The van der Waals surface area contributed by atoms with Gasteiger partial charge in [0.05, 0.1) is 0 Å². The zero-order chi connectivity index (χ0) is 16.8. The third-order valence-corrected chi connectivity index (χ3v) is 4.02. The van der Waals surface area contributed by atoms with Crippen molar-refractivity contribution >= 4 is 29.1 Å². The van der Waals surface area contributed by atoms with Gasteiger partial charge in [0.15, 0.2) is 11.9 Å². The SMILES string of the molecule is CSc1ccc(NC(=O)C(C)Oc2cccc(C(C)=O)c2)cc1. The number of carbonyl (C=O) groups is 2. The topological polar surface area (TPSA) is 55.4 Å². The zero-order valence-electron chi connectivity index (χ0n) is 13.3. The van der Waals surface area contributed by atoms with Crippen molar-refractivity contribution in [3.05, 3.63) is 54.1 Å². The third-order valence-electron chi connectivity index (χ3n) is 3.28. The van der Waals surface area contributed by atoms with Crippen LogP contribution in [0.2, 0.25) is 0 Å². The Hall–Kier alpha value is -2.27. The minimum Gasteiger partial charge on any atom is -0.481 e. The van der Waals surface area contributed by atoms with Gasteiger partial charge in [-0.1, -0.05) is 12.1 Å². The number of thioether (sulfide) groups is 1. The molecule has 120 valence electrons. The fourth-order valence-corrected chi connectivity index (χ4v) is 2.37. The standard InChI is InChI=1S/C18H19NO3S/c1-12(20)14-5-4-6-16(11-14)22-13(2)18(21)19-15-7-9-17(23-3)10-8-15/h4-11,13H,1-3H3,(H,19,21). The van der Waals surface area contributed by atoms with Crippen LogP contribution in [0.5, 0.6) is 5.75 Å². The number of anilines is 1. The van der Waals surface area contributed by atoms with E-state index in [1.165, 1.54) is 6.92 Å². The quantitative estimate of drug-likeness (QED) is 0.642. The van der Waals surface area contributed by atoms with Crippen molar-refractivity contribution in [1.29, 1.82) is 0 Å². The van der Waals surface area contributed by atoms with Crippen LogP contribution in [0.3, 0.4) is 0 Å². The lowest BCUT2D eigenvalue weighted by molar-refractivity contribution is -0.122. The highest BCUT2D eigenvalue weighted by molar-refractivity contribution is 7.98. The molecule has 0 spiro atoms. The van der Waals surface area contributed by atoms with E-state index in [2.05, 4.69) is 5.32 Å². The molecular formula is C18H19NO3S. The van der Waals surface area contributed by atoms with E-state index in [1.807, 2.05) is 30.5 Å². The molecule has 1 unspecified atom stereocenters. The second-order valence-electron chi connectivity index (χ2n) is 5.06. The molecule has 0 aliphatic heterocycles. The molecule has 0 saturated carbocycles. The molecule has 5 heteroatoms. The summed E-state index contributed by atoms with van der Waals surface area (Å²) in [4.78, 5) is 24.7. The minimum atomic E-state index is -0.669. The summed E-state index contributed by atoms with van der Waals surface area (Å²) in [5.41, 5.74) is 1.28. The number of benzene rings is 2. The number of Topliss-reactive ketones (excluding diaryl/α,β-unsaturated/α-hetero) is 1. The van der Waals surface area contributed by atoms with Crippen molar-refractivity contribution in [2.24, 2.45) is 0 Å². The molecule has 0 saturated heterocycles. The summed E-state index contributed by atoms with van der Waals surface area (Å²) in [7, 11) is 0. The molecule has 4 nitrogen and oxygen atoms in total. The van der Waals surface area contributed by atoms with Crippen LogP contribution < -0.4 is 10.1 Å². The molecule has 1 amide bonds. The van der Waals surface area contributed by atoms with Gasteiger partial charge in [-0.15, -0.1) is 11.8 Å². The predicted octanol–water partition coefficient (Wildman–Crippen LogP) is 4.02. The van der Waals surface area contributed by atoms with E-state index in [-0.39, 0.29) is 11.7 Å². The van der Waals surface area contributed by atoms with E-state index in [4.69, 9.17) is 4.74 Å². The fourth-order valence-electron chi connectivity index (χ4n) is 1.96. The summed E-state index contributed by atoms with van der Waals surface area (Å²) in [5.74, 6) is 0.217. The number of ketones is 1. The van der Waals surface area contributed by atoms with Gasteiger partial charge in [-0.2, -0.15) is 0 Å². The maximum atomic E-state index is 12.2. The molecular weight excluding hydrogens is 310 g/mol. The number of nitrogens with one attached hydrogen (secondary N) is 1. The number of carbonyl (C=O) groups excluding carboxylic acids is 2. The van der Waals surface area contributed by atoms with Crippen molar-refractivity contribution in [2.75, 3.05) is 11.6 Å². The minimum absolute atomic E-state index is 0.0403. The largest absolute Gasteiger partial charge is 0.481 e. The van der Waals surface area contributed by atoms with Crippen molar-refractivity contribution in [3.63, 3.8) is 0 Å². The molecule has 2 aromatic carbocycles. The first-order valence-electron chi connectivity index (χ1n) is 7.22. The van der Waals surface area contributed by atoms with E-state index in [0.29, 0.717) is 11.3 Å². The number of hydrogen-bond donors (Lipinski definition) is 1.